The molecule has 0 aliphatic rings. The molecule has 6 heteroatoms. The summed E-state index contributed by atoms with van der Waals surface area (Å²) < 4.78 is 1.81. The molecule has 0 radical (unpaired) electrons. The molecule has 3 aromatic rings. The number of aromatic nitrogens is 3. The molecule has 0 atom stereocenters. The zero-order chi connectivity index (χ0) is 14.1. The van der Waals surface area contributed by atoms with Crippen molar-refractivity contribution < 1.29 is 9.90 Å². The summed E-state index contributed by atoms with van der Waals surface area (Å²) in [6.07, 6.45) is 0.411. The molecule has 0 bridgehead atoms. The third-order valence-corrected chi connectivity index (χ3v) is 3.97. The number of carbonyl (C=O) groups is 1. The number of aliphatic carboxylic acids is 1. The molecule has 5 nitrogen and oxygen atoms in total. The first-order valence-electron chi connectivity index (χ1n) is 6.27. The average Bonchev–Trinajstić information content (AvgIpc) is 2.93. The van der Waals surface area contributed by atoms with Gasteiger partial charge in [0.1, 0.15) is 0 Å². The third-order valence-electron chi connectivity index (χ3n) is 3.02. The predicted molar refractivity (Wildman–Crippen MR) is 77.0 cm³/mol. The van der Waals surface area contributed by atoms with Crippen LogP contribution < -0.4 is 0 Å². The van der Waals surface area contributed by atoms with E-state index in [1.54, 1.807) is 11.3 Å². The van der Waals surface area contributed by atoms with Crippen molar-refractivity contribution in [3.63, 3.8) is 0 Å². The predicted octanol–water partition coefficient (Wildman–Crippen LogP) is 2.78. The van der Waals surface area contributed by atoms with Crippen LogP contribution in [-0.2, 0) is 11.2 Å². The van der Waals surface area contributed by atoms with Gasteiger partial charge in [0.15, 0.2) is 5.82 Å². The Hall–Kier alpha value is -2.21. The first-order chi connectivity index (χ1) is 9.65. The van der Waals surface area contributed by atoms with Gasteiger partial charge >= 0.3 is 5.97 Å². The Kier molecular flexibility index (Phi) is 3.23. The van der Waals surface area contributed by atoms with Gasteiger partial charge in [0, 0.05) is 16.9 Å². The lowest BCUT2D eigenvalue weighted by Gasteiger charge is -2.00. The molecule has 0 amide bonds. The minimum absolute atomic E-state index is 0.0531. The van der Waals surface area contributed by atoms with E-state index in [9.17, 15) is 4.79 Å². The fourth-order valence-corrected chi connectivity index (χ4v) is 3.08. The van der Waals surface area contributed by atoms with Crippen LogP contribution in [0.2, 0.25) is 0 Å². The summed E-state index contributed by atoms with van der Waals surface area (Å²) >= 11 is 1.57. The number of hydrogen-bond donors (Lipinski definition) is 1. The Morgan fingerprint density at radius 3 is 2.80 bits per heavy atom. The van der Waals surface area contributed by atoms with Crippen LogP contribution >= 0.6 is 11.3 Å². The number of benzene rings is 1. The molecule has 0 aliphatic heterocycles. The molecule has 0 saturated carbocycles. The zero-order valence-electron chi connectivity index (χ0n) is 10.9. The molecule has 1 aromatic carbocycles. The fourth-order valence-electron chi connectivity index (χ4n) is 2.13. The molecule has 1 N–H and O–H groups in total. The largest absolute Gasteiger partial charge is 0.481 e. The second-order valence-corrected chi connectivity index (χ2v) is 5.67. The number of carboxylic acid groups (broad SMARTS) is 1. The highest BCUT2D eigenvalue weighted by atomic mass is 32.1. The lowest BCUT2D eigenvalue weighted by molar-refractivity contribution is -0.137. The van der Waals surface area contributed by atoms with Crippen LogP contribution in [0.25, 0.3) is 16.2 Å². The molecule has 20 heavy (non-hydrogen) atoms. The number of carboxylic acids is 1. The highest BCUT2D eigenvalue weighted by Gasteiger charge is 2.15. The van der Waals surface area contributed by atoms with Gasteiger partial charge in [-0.1, -0.05) is 41.7 Å². The third kappa shape index (κ3) is 2.30. The van der Waals surface area contributed by atoms with E-state index in [4.69, 9.17) is 5.11 Å². The number of hydrogen-bond acceptors (Lipinski definition) is 4. The molecule has 0 spiro atoms. The molecule has 0 fully saturated rings. The zero-order valence-corrected chi connectivity index (χ0v) is 11.7. The first-order valence-corrected chi connectivity index (χ1v) is 7.09. The Morgan fingerprint density at radius 2 is 2.10 bits per heavy atom. The minimum atomic E-state index is -0.831. The van der Waals surface area contributed by atoms with Gasteiger partial charge in [-0.25, -0.2) is 9.50 Å². The van der Waals surface area contributed by atoms with Gasteiger partial charge < -0.3 is 5.11 Å². The number of aryl methyl sites for hydroxylation is 2. The van der Waals surface area contributed by atoms with Gasteiger partial charge in [0.2, 0.25) is 4.96 Å². The van der Waals surface area contributed by atoms with Crippen molar-refractivity contribution in [2.24, 2.45) is 0 Å². The van der Waals surface area contributed by atoms with Gasteiger partial charge in [0.25, 0.3) is 0 Å². The fraction of sp³-hybridized carbons (Fsp3) is 0.214. The summed E-state index contributed by atoms with van der Waals surface area (Å²) in [5.41, 5.74) is 2.12. The van der Waals surface area contributed by atoms with E-state index in [0.717, 1.165) is 21.1 Å². The van der Waals surface area contributed by atoms with Crippen molar-refractivity contribution >= 4 is 22.3 Å². The van der Waals surface area contributed by atoms with Crippen LogP contribution in [0.15, 0.2) is 30.3 Å². The summed E-state index contributed by atoms with van der Waals surface area (Å²) in [7, 11) is 0. The molecule has 0 aliphatic carbocycles. The van der Waals surface area contributed by atoms with E-state index in [1.807, 2.05) is 41.8 Å². The lowest BCUT2D eigenvalue weighted by atomic mass is 10.1. The Balaban J connectivity index is 2.04. The maximum absolute atomic E-state index is 10.6. The molecule has 102 valence electrons. The Bertz CT molecular complexity index is 761. The second kappa shape index (κ2) is 5.05. The standard InChI is InChI=1S/C14H13N3O2S/c1-9-13(10-5-3-2-4-6-10)17-14(20-9)15-11(16-17)7-8-12(18)19/h2-6H,7-8H2,1H3,(H,18,19). The van der Waals surface area contributed by atoms with Gasteiger partial charge in [-0.3, -0.25) is 4.79 Å². The van der Waals surface area contributed by atoms with E-state index >= 15 is 0 Å². The van der Waals surface area contributed by atoms with Crippen LogP contribution in [0.1, 0.15) is 17.1 Å². The highest BCUT2D eigenvalue weighted by molar-refractivity contribution is 7.17. The van der Waals surface area contributed by atoms with E-state index < -0.39 is 5.97 Å². The molecule has 0 saturated heterocycles. The van der Waals surface area contributed by atoms with E-state index in [2.05, 4.69) is 10.1 Å². The van der Waals surface area contributed by atoms with Crippen molar-refractivity contribution in [3.8, 4) is 11.3 Å². The van der Waals surface area contributed by atoms with Crippen LogP contribution in [0.3, 0.4) is 0 Å². The average molecular weight is 287 g/mol. The maximum atomic E-state index is 10.6. The van der Waals surface area contributed by atoms with Crippen LogP contribution in [0.5, 0.6) is 0 Å². The summed E-state index contributed by atoms with van der Waals surface area (Å²) in [6, 6.07) is 10.0. The minimum Gasteiger partial charge on any atom is -0.481 e. The molecule has 3 rings (SSSR count). The van der Waals surface area contributed by atoms with Gasteiger partial charge in [-0.15, -0.1) is 5.10 Å². The van der Waals surface area contributed by atoms with E-state index in [-0.39, 0.29) is 6.42 Å². The smallest absolute Gasteiger partial charge is 0.303 e. The quantitative estimate of drug-likeness (QED) is 0.801. The maximum Gasteiger partial charge on any atom is 0.303 e. The number of thiazole rings is 1. The lowest BCUT2D eigenvalue weighted by Crippen LogP contribution is -1.99. The normalized spacial score (nSPS) is 11.1. The van der Waals surface area contributed by atoms with E-state index in [0.29, 0.717) is 12.2 Å². The monoisotopic (exact) mass is 287 g/mol. The van der Waals surface area contributed by atoms with Crippen LogP contribution in [-0.4, -0.2) is 25.7 Å². The van der Waals surface area contributed by atoms with Crippen LogP contribution in [0.4, 0.5) is 0 Å². The van der Waals surface area contributed by atoms with Gasteiger partial charge in [-0.05, 0) is 6.92 Å². The molecule has 2 heterocycles. The Morgan fingerprint density at radius 1 is 1.35 bits per heavy atom. The van der Waals surface area contributed by atoms with Gasteiger partial charge in [-0.2, -0.15) is 0 Å². The van der Waals surface area contributed by atoms with Crippen LogP contribution in [0, 0.1) is 6.92 Å². The van der Waals surface area contributed by atoms with Crippen molar-refractivity contribution in [1.82, 2.24) is 14.6 Å². The van der Waals surface area contributed by atoms with Gasteiger partial charge in [0.05, 0.1) is 12.1 Å². The summed E-state index contributed by atoms with van der Waals surface area (Å²) in [5.74, 6) is -0.251. The molecular formula is C14H13N3O2S. The molecular weight excluding hydrogens is 274 g/mol. The number of rotatable bonds is 4. The SMILES string of the molecule is Cc1sc2nc(CCC(=O)O)nn2c1-c1ccccc1. The van der Waals surface area contributed by atoms with E-state index in [1.165, 1.54) is 0 Å². The summed E-state index contributed by atoms with van der Waals surface area (Å²) in [4.78, 5) is 17.0. The number of nitrogens with zero attached hydrogens (tertiary/aromatic N) is 3. The second-order valence-electron chi connectivity index (χ2n) is 4.49. The highest BCUT2D eigenvalue weighted by Crippen LogP contribution is 2.30. The van der Waals surface area contributed by atoms with Crippen molar-refractivity contribution in [2.45, 2.75) is 19.8 Å². The molecule has 0 unspecified atom stereocenters. The summed E-state index contributed by atoms with van der Waals surface area (Å²) in [6.45, 7) is 2.04. The van der Waals surface area contributed by atoms with Crippen molar-refractivity contribution in [3.05, 3.63) is 41.0 Å². The molecule has 2 aromatic heterocycles. The summed E-state index contributed by atoms with van der Waals surface area (Å²) in [5, 5.41) is 13.2. The Labute approximate surface area is 119 Å². The first kappa shape index (κ1) is 12.8. The topological polar surface area (TPSA) is 67.5 Å². The number of fused-ring (bicyclic) bond motifs is 1. The van der Waals surface area contributed by atoms with Crippen molar-refractivity contribution in [1.29, 1.82) is 0 Å². The van der Waals surface area contributed by atoms with Crippen molar-refractivity contribution in [2.75, 3.05) is 0 Å².